The average molecular weight is 440 g/mol. The molecule has 1 amide bonds. The standard InChI is InChI=1S/C16H17ClF3N3O4S/c1-8(2)13(24)21-11-7-9(5-6-10(11)16(18,19)20)27-14-12(17)15(23(3)22-14)28(4,25)26/h5-8H,1-4H3,(H,21,24). The first kappa shape index (κ1) is 22.0. The van der Waals surface area contributed by atoms with E-state index in [4.69, 9.17) is 16.3 Å². The molecule has 12 heteroatoms. The molecule has 2 rings (SSSR count). The minimum Gasteiger partial charge on any atom is -0.436 e. The lowest BCUT2D eigenvalue weighted by molar-refractivity contribution is -0.137. The van der Waals surface area contributed by atoms with E-state index in [1.54, 1.807) is 0 Å². The van der Waals surface area contributed by atoms with E-state index in [1.807, 2.05) is 0 Å². The molecule has 1 aromatic heterocycles. The predicted molar refractivity (Wildman–Crippen MR) is 96.3 cm³/mol. The van der Waals surface area contributed by atoms with Crippen LogP contribution in [0, 0.1) is 5.92 Å². The number of nitrogens with zero attached hydrogens (tertiary/aromatic N) is 2. The van der Waals surface area contributed by atoms with Crippen molar-refractivity contribution in [3.05, 3.63) is 28.8 Å². The molecule has 0 atom stereocenters. The first-order valence-corrected chi connectivity index (χ1v) is 10.1. The molecule has 0 aliphatic heterocycles. The third-order valence-corrected chi connectivity index (χ3v) is 5.18. The highest BCUT2D eigenvalue weighted by Gasteiger charge is 2.34. The van der Waals surface area contributed by atoms with Crippen molar-refractivity contribution < 1.29 is 31.1 Å². The molecule has 1 heterocycles. The van der Waals surface area contributed by atoms with Crippen LogP contribution < -0.4 is 10.1 Å². The molecule has 7 nitrogen and oxygen atoms in total. The van der Waals surface area contributed by atoms with Gasteiger partial charge in [-0.15, -0.1) is 5.10 Å². The fraction of sp³-hybridized carbons (Fsp3) is 0.375. The van der Waals surface area contributed by atoms with E-state index in [0.717, 1.165) is 29.1 Å². The van der Waals surface area contributed by atoms with Crippen molar-refractivity contribution in [2.45, 2.75) is 25.0 Å². The van der Waals surface area contributed by atoms with Crippen LogP contribution in [0.15, 0.2) is 23.2 Å². The highest BCUT2D eigenvalue weighted by atomic mass is 35.5. The lowest BCUT2D eigenvalue weighted by Crippen LogP contribution is -2.20. The van der Waals surface area contributed by atoms with Gasteiger partial charge in [0.2, 0.25) is 5.91 Å². The zero-order valence-corrected chi connectivity index (χ0v) is 16.8. The Morgan fingerprint density at radius 3 is 2.39 bits per heavy atom. The van der Waals surface area contributed by atoms with Crippen molar-refractivity contribution >= 4 is 33.0 Å². The van der Waals surface area contributed by atoms with E-state index in [2.05, 4.69) is 10.4 Å². The van der Waals surface area contributed by atoms with Crippen molar-refractivity contribution in [2.75, 3.05) is 11.6 Å². The van der Waals surface area contributed by atoms with Gasteiger partial charge in [0.1, 0.15) is 10.8 Å². The van der Waals surface area contributed by atoms with Crippen LogP contribution in [0.4, 0.5) is 18.9 Å². The Hall–Kier alpha value is -2.27. The first-order chi connectivity index (χ1) is 12.7. The second kappa shape index (κ2) is 7.63. The second-order valence-electron chi connectivity index (χ2n) is 6.27. The van der Waals surface area contributed by atoms with Crippen molar-refractivity contribution in [2.24, 2.45) is 13.0 Å². The summed E-state index contributed by atoms with van der Waals surface area (Å²) >= 11 is 6.00. The summed E-state index contributed by atoms with van der Waals surface area (Å²) in [7, 11) is -2.38. The Morgan fingerprint density at radius 2 is 1.93 bits per heavy atom. The number of aromatic nitrogens is 2. The number of hydrogen-bond acceptors (Lipinski definition) is 5. The normalized spacial score (nSPS) is 12.3. The fourth-order valence-corrected chi connectivity index (χ4v) is 3.81. The summed E-state index contributed by atoms with van der Waals surface area (Å²) < 4.78 is 69.5. The van der Waals surface area contributed by atoms with Gasteiger partial charge in [-0.1, -0.05) is 25.4 Å². The van der Waals surface area contributed by atoms with Gasteiger partial charge in [0, 0.05) is 25.3 Å². The number of carbonyl (C=O) groups excluding carboxylic acids is 1. The lowest BCUT2D eigenvalue weighted by atomic mass is 10.1. The molecule has 0 bridgehead atoms. The van der Waals surface area contributed by atoms with Crippen LogP contribution in [-0.4, -0.2) is 30.4 Å². The highest BCUT2D eigenvalue weighted by molar-refractivity contribution is 7.90. The van der Waals surface area contributed by atoms with Gasteiger partial charge >= 0.3 is 6.18 Å². The van der Waals surface area contributed by atoms with Crippen molar-refractivity contribution in [1.29, 1.82) is 0 Å². The SMILES string of the molecule is CC(C)C(=O)Nc1cc(Oc2nn(C)c(S(C)(=O)=O)c2Cl)ccc1C(F)(F)F. The monoisotopic (exact) mass is 439 g/mol. The molecule has 0 saturated heterocycles. The Labute approximate surface area is 164 Å². The van der Waals surface area contributed by atoms with Crippen LogP contribution in [0.1, 0.15) is 19.4 Å². The summed E-state index contributed by atoms with van der Waals surface area (Å²) in [5.41, 5.74) is -1.56. The molecule has 0 radical (unpaired) electrons. The van der Waals surface area contributed by atoms with E-state index in [0.29, 0.717) is 0 Å². The van der Waals surface area contributed by atoms with Gasteiger partial charge in [0.15, 0.2) is 14.9 Å². The topological polar surface area (TPSA) is 90.3 Å². The lowest BCUT2D eigenvalue weighted by Gasteiger charge is -2.16. The molecule has 154 valence electrons. The summed E-state index contributed by atoms with van der Waals surface area (Å²) in [5.74, 6) is -1.58. The first-order valence-electron chi connectivity index (χ1n) is 7.84. The summed E-state index contributed by atoms with van der Waals surface area (Å²) in [6, 6.07) is 2.72. The van der Waals surface area contributed by atoms with Crippen LogP contribution in [0.5, 0.6) is 11.6 Å². The number of carbonyl (C=O) groups is 1. The number of aryl methyl sites for hydroxylation is 1. The van der Waals surface area contributed by atoms with E-state index >= 15 is 0 Å². The zero-order valence-electron chi connectivity index (χ0n) is 15.3. The molecule has 0 unspecified atom stereocenters. The summed E-state index contributed by atoms with van der Waals surface area (Å²) in [5, 5.41) is 5.43. The summed E-state index contributed by atoms with van der Waals surface area (Å²) in [4.78, 5) is 11.9. The number of halogens is 4. The van der Waals surface area contributed by atoms with Gasteiger partial charge in [-0.3, -0.25) is 9.48 Å². The van der Waals surface area contributed by atoms with Crippen LogP contribution in [0.2, 0.25) is 5.02 Å². The number of rotatable bonds is 5. The molecule has 0 aliphatic rings. The summed E-state index contributed by atoms with van der Waals surface area (Å²) in [6.45, 7) is 3.06. The number of ether oxygens (including phenoxy) is 1. The van der Waals surface area contributed by atoms with Gasteiger partial charge in [0.25, 0.3) is 5.88 Å². The fourth-order valence-electron chi connectivity index (χ4n) is 2.25. The maximum absolute atomic E-state index is 13.2. The van der Waals surface area contributed by atoms with E-state index in [1.165, 1.54) is 20.9 Å². The predicted octanol–water partition coefficient (Wildman–Crippen LogP) is 3.88. The zero-order chi connectivity index (χ0) is 21.4. The molecule has 2 aromatic rings. The smallest absolute Gasteiger partial charge is 0.418 e. The maximum atomic E-state index is 13.2. The molecule has 0 saturated carbocycles. The van der Waals surface area contributed by atoms with Crippen LogP contribution in [0.3, 0.4) is 0 Å². The molecule has 0 spiro atoms. The second-order valence-corrected chi connectivity index (χ2v) is 8.58. The third kappa shape index (κ3) is 4.76. The average Bonchev–Trinajstić information content (AvgIpc) is 2.79. The van der Waals surface area contributed by atoms with E-state index < -0.39 is 39.1 Å². The highest BCUT2D eigenvalue weighted by Crippen LogP contribution is 2.39. The van der Waals surface area contributed by atoms with Gasteiger partial charge in [-0.05, 0) is 12.1 Å². The maximum Gasteiger partial charge on any atom is 0.418 e. The van der Waals surface area contributed by atoms with Crippen LogP contribution in [-0.2, 0) is 27.9 Å². The molecule has 28 heavy (non-hydrogen) atoms. The Bertz CT molecular complexity index is 1020. The number of anilines is 1. The van der Waals surface area contributed by atoms with Gasteiger partial charge in [-0.25, -0.2) is 8.42 Å². The molecule has 0 aliphatic carbocycles. The van der Waals surface area contributed by atoms with Crippen molar-refractivity contribution in [1.82, 2.24) is 9.78 Å². The van der Waals surface area contributed by atoms with E-state index in [-0.39, 0.29) is 21.7 Å². The number of nitrogens with one attached hydrogen (secondary N) is 1. The van der Waals surface area contributed by atoms with Crippen LogP contribution >= 0.6 is 11.6 Å². The molecular formula is C16H17ClF3N3O4S. The molecule has 1 aromatic carbocycles. The Kier molecular flexibility index (Phi) is 6.00. The minimum atomic E-state index is -4.70. The van der Waals surface area contributed by atoms with Gasteiger partial charge in [-0.2, -0.15) is 13.2 Å². The largest absolute Gasteiger partial charge is 0.436 e. The van der Waals surface area contributed by atoms with Crippen molar-refractivity contribution in [3.63, 3.8) is 0 Å². The van der Waals surface area contributed by atoms with Crippen LogP contribution in [0.25, 0.3) is 0 Å². The number of benzene rings is 1. The third-order valence-electron chi connectivity index (χ3n) is 3.55. The number of sulfone groups is 1. The van der Waals surface area contributed by atoms with Gasteiger partial charge in [0.05, 0.1) is 11.3 Å². The van der Waals surface area contributed by atoms with Crippen molar-refractivity contribution in [3.8, 4) is 11.6 Å². The number of amides is 1. The Morgan fingerprint density at radius 1 is 1.32 bits per heavy atom. The summed E-state index contributed by atoms with van der Waals surface area (Å²) in [6.07, 6.45) is -3.78. The molecular weight excluding hydrogens is 423 g/mol. The molecule has 0 fully saturated rings. The minimum absolute atomic E-state index is 0.118. The van der Waals surface area contributed by atoms with E-state index in [9.17, 15) is 26.4 Å². The molecule has 1 N–H and O–H groups in total. The number of hydrogen-bond donors (Lipinski definition) is 1. The van der Waals surface area contributed by atoms with Gasteiger partial charge < -0.3 is 10.1 Å². The number of alkyl halides is 3. The quantitative estimate of drug-likeness (QED) is 0.763. The Balaban J connectivity index is 2.47.